The van der Waals surface area contributed by atoms with Crippen molar-refractivity contribution in [2.45, 2.75) is 22.5 Å². The number of thiophene rings is 1. The second-order valence-corrected chi connectivity index (χ2v) is 12.2. The Morgan fingerprint density at radius 1 is 1.29 bits per heavy atom. The number of nitrogens with one attached hydrogen (secondary N) is 4. The zero-order valence-corrected chi connectivity index (χ0v) is 24.1. The van der Waals surface area contributed by atoms with E-state index < -0.39 is 59.8 Å². The highest BCUT2D eigenvalue weighted by atomic mass is 35.5. The van der Waals surface area contributed by atoms with E-state index in [1.807, 2.05) is 5.32 Å². The summed E-state index contributed by atoms with van der Waals surface area (Å²) in [6.45, 7) is -0.402. The van der Waals surface area contributed by atoms with Crippen LogP contribution in [-0.2, 0) is 19.2 Å². The SMILES string of the molecule is O=C1CN(NC(=O)NC(C(=O)N[C@H]2C(=O)N3C(C(=O)O)=C(CSc4ccc(Cl)n[n+]4[O-])CSC23)c2cccs2)C(=O)N1. The van der Waals surface area contributed by atoms with E-state index in [4.69, 9.17) is 11.6 Å². The molecule has 7 amide bonds. The van der Waals surface area contributed by atoms with E-state index in [9.17, 15) is 39.1 Å². The Morgan fingerprint density at radius 3 is 2.71 bits per heavy atom. The second kappa shape index (κ2) is 12.0. The first kappa shape index (κ1) is 29.4. The molecule has 2 unspecified atom stereocenters. The molecule has 2 aromatic heterocycles. The molecule has 0 aliphatic carbocycles. The molecule has 42 heavy (non-hydrogen) atoms. The maximum atomic E-state index is 13.3. The fourth-order valence-corrected chi connectivity index (χ4v) is 7.46. The lowest BCUT2D eigenvalue weighted by atomic mass is 10.0. The lowest BCUT2D eigenvalue weighted by Crippen LogP contribution is -2.71. The molecule has 0 spiro atoms. The standard InChI is InChI=1S/C22H19ClN8O8S3/c23-11-3-4-13(31(39)27-11)41-7-9-8-42-19-15(18(34)30(19)16(9)20(35)36)25-17(33)14(10-2-1-5-40-10)26-21(37)28-29-6-12(32)24-22(29)38/h1-5,14-15,19H,6-8H2,(H,25,33)(H,35,36)(H,24,32,38)(H2,26,28,37)/t14?,15-,19?/m0/s1. The number of halogens is 1. The quantitative estimate of drug-likeness (QED) is 0.0782. The van der Waals surface area contributed by atoms with Gasteiger partial charge >= 0.3 is 18.0 Å². The Balaban J connectivity index is 1.26. The number of aliphatic carboxylic acids is 1. The molecule has 3 atom stereocenters. The highest BCUT2D eigenvalue weighted by Gasteiger charge is 2.54. The fourth-order valence-electron chi connectivity index (χ4n) is 4.21. The van der Waals surface area contributed by atoms with Crippen LogP contribution in [0.3, 0.4) is 0 Å². The van der Waals surface area contributed by atoms with E-state index in [2.05, 4.69) is 21.2 Å². The van der Waals surface area contributed by atoms with Gasteiger partial charge in [0.2, 0.25) is 11.8 Å². The molecule has 2 aromatic rings. The summed E-state index contributed by atoms with van der Waals surface area (Å²) in [5, 5.41) is 34.3. The molecule has 0 radical (unpaired) electrons. The van der Waals surface area contributed by atoms with Crippen molar-refractivity contribution in [3.63, 3.8) is 0 Å². The minimum Gasteiger partial charge on any atom is -0.593 e. The minimum absolute atomic E-state index is 0.00254. The number of rotatable bonds is 9. The lowest BCUT2D eigenvalue weighted by Gasteiger charge is -2.49. The number of amides is 7. The van der Waals surface area contributed by atoms with Gasteiger partial charge in [0.15, 0.2) is 5.15 Å². The summed E-state index contributed by atoms with van der Waals surface area (Å²) >= 11 is 9.13. The number of hydrogen-bond donors (Lipinski definition) is 5. The van der Waals surface area contributed by atoms with Crippen LogP contribution in [0, 0.1) is 5.21 Å². The molecule has 3 aliphatic rings. The van der Waals surface area contributed by atoms with Crippen molar-refractivity contribution in [3.05, 3.63) is 56.2 Å². The Bertz CT molecular complexity index is 1520. The molecule has 20 heteroatoms. The number of aromatic nitrogens is 2. The molecule has 0 aromatic carbocycles. The van der Waals surface area contributed by atoms with Crippen molar-refractivity contribution in [1.29, 1.82) is 0 Å². The van der Waals surface area contributed by atoms with Crippen molar-refractivity contribution >= 4 is 82.2 Å². The van der Waals surface area contributed by atoms with Gasteiger partial charge in [0.05, 0.1) is 0 Å². The third-order valence-corrected chi connectivity index (χ3v) is 9.63. The normalized spacial score (nSPS) is 20.5. The van der Waals surface area contributed by atoms with E-state index in [0.29, 0.717) is 15.3 Å². The van der Waals surface area contributed by atoms with Crippen molar-refractivity contribution in [2.75, 3.05) is 18.1 Å². The molecule has 2 fully saturated rings. The van der Waals surface area contributed by atoms with Crippen LogP contribution in [-0.4, -0.2) is 85.3 Å². The van der Waals surface area contributed by atoms with E-state index in [1.165, 1.54) is 23.9 Å². The summed E-state index contributed by atoms with van der Waals surface area (Å²) in [6, 6.07) is 1.98. The van der Waals surface area contributed by atoms with Crippen LogP contribution in [0.5, 0.6) is 0 Å². The van der Waals surface area contributed by atoms with Crippen LogP contribution >= 0.6 is 46.5 Å². The van der Waals surface area contributed by atoms with Gasteiger partial charge < -0.3 is 20.9 Å². The highest BCUT2D eigenvalue weighted by Crippen LogP contribution is 2.41. The molecule has 0 saturated carbocycles. The predicted octanol–water partition coefficient (Wildman–Crippen LogP) is -0.232. The van der Waals surface area contributed by atoms with E-state index >= 15 is 0 Å². The third-order valence-electron chi connectivity index (χ3n) is 6.08. The molecule has 5 N–H and O–H groups in total. The zero-order chi connectivity index (χ0) is 30.1. The molecule has 2 saturated heterocycles. The number of urea groups is 2. The average molecular weight is 655 g/mol. The number of carbonyl (C=O) groups excluding carboxylic acids is 5. The molecule has 5 heterocycles. The van der Waals surface area contributed by atoms with Crippen LogP contribution in [0.2, 0.25) is 5.15 Å². The first-order chi connectivity index (χ1) is 20.0. The number of imide groups is 1. The van der Waals surface area contributed by atoms with Gasteiger partial charge in [-0.15, -0.1) is 23.1 Å². The molecule has 5 rings (SSSR count). The van der Waals surface area contributed by atoms with Crippen molar-refractivity contribution in [2.24, 2.45) is 0 Å². The van der Waals surface area contributed by atoms with Crippen LogP contribution in [0.25, 0.3) is 0 Å². The Kier molecular flexibility index (Phi) is 8.43. The summed E-state index contributed by atoms with van der Waals surface area (Å²) in [6.07, 6.45) is 0. The maximum absolute atomic E-state index is 13.3. The Morgan fingerprint density at radius 2 is 2.07 bits per heavy atom. The fraction of sp³-hybridized carbons (Fsp3) is 0.273. The van der Waals surface area contributed by atoms with Gasteiger partial charge in [0.25, 0.3) is 10.9 Å². The van der Waals surface area contributed by atoms with Crippen LogP contribution in [0.4, 0.5) is 9.59 Å². The van der Waals surface area contributed by atoms with Crippen molar-refractivity contribution in [3.8, 4) is 0 Å². The monoisotopic (exact) mass is 654 g/mol. The Labute approximate surface area is 253 Å². The smallest absolute Gasteiger partial charge is 0.352 e. The highest BCUT2D eigenvalue weighted by molar-refractivity contribution is 8.01. The van der Waals surface area contributed by atoms with Crippen molar-refractivity contribution in [1.82, 2.24) is 36.4 Å². The summed E-state index contributed by atoms with van der Waals surface area (Å²) in [7, 11) is 0. The topological polar surface area (TPSA) is 217 Å². The van der Waals surface area contributed by atoms with Crippen LogP contribution < -0.4 is 26.2 Å². The second-order valence-electron chi connectivity index (χ2n) is 8.78. The van der Waals surface area contributed by atoms with E-state index in [0.717, 1.165) is 33.0 Å². The minimum atomic E-state index is -1.34. The number of hydrogen-bond acceptors (Lipinski definition) is 11. The van der Waals surface area contributed by atoms with Gasteiger partial charge in [0.1, 0.15) is 29.7 Å². The zero-order valence-electron chi connectivity index (χ0n) is 20.9. The van der Waals surface area contributed by atoms with Gasteiger partial charge in [-0.2, -0.15) is 0 Å². The van der Waals surface area contributed by atoms with E-state index in [1.54, 1.807) is 17.5 Å². The van der Waals surface area contributed by atoms with Crippen molar-refractivity contribution < 1.29 is 38.7 Å². The number of nitrogens with zero attached hydrogens (tertiary/aromatic N) is 4. The molecular formula is C22H19ClN8O8S3. The van der Waals surface area contributed by atoms with Crippen LogP contribution in [0.1, 0.15) is 10.9 Å². The number of thioether (sulfide) groups is 2. The predicted molar refractivity (Wildman–Crippen MR) is 148 cm³/mol. The number of hydrazine groups is 1. The third kappa shape index (κ3) is 5.94. The Hall–Kier alpha value is -4.07. The van der Waals surface area contributed by atoms with Crippen LogP contribution in [0.15, 0.2) is 45.9 Å². The molecule has 220 valence electrons. The number of fused-ring (bicyclic) bond motifs is 1. The summed E-state index contributed by atoms with van der Waals surface area (Å²) < 4.78 is 0. The number of carbonyl (C=O) groups is 6. The molecular weight excluding hydrogens is 636 g/mol. The van der Waals surface area contributed by atoms with Gasteiger partial charge in [-0.3, -0.25) is 24.6 Å². The molecule has 3 aliphatic heterocycles. The lowest BCUT2D eigenvalue weighted by molar-refractivity contribution is -0.706. The summed E-state index contributed by atoms with van der Waals surface area (Å²) in [4.78, 5) is 76.1. The summed E-state index contributed by atoms with van der Waals surface area (Å²) in [5.41, 5.74) is 2.36. The average Bonchev–Trinajstić information content (AvgIpc) is 3.58. The van der Waals surface area contributed by atoms with Gasteiger partial charge in [0, 0.05) is 27.5 Å². The number of carboxylic acids is 1. The molecule has 16 nitrogen and oxygen atoms in total. The van der Waals surface area contributed by atoms with Gasteiger partial charge in [-0.25, -0.2) is 24.8 Å². The first-order valence-electron chi connectivity index (χ1n) is 11.8. The van der Waals surface area contributed by atoms with Gasteiger partial charge in [-0.05, 0) is 39.7 Å². The van der Waals surface area contributed by atoms with E-state index in [-0.39, 0.29) is 27.4 Å². The number of β-lactam (4-membered cyclic amide) rings is 1. The van der Waals surface area contributed by atoms with Gasteiger partial charge in [-0.1, -0.05) is 17.7 Å². The summed E-state index contributed by atoms with van der Waals surface area (Å²) in [5.74, 6) is -3.05. The molecule has 0 bridgehead atoms. The maximum Gasteiger partial charge on any atom is 0.352 e. The largest absolute Gasteiger partial charge is 0.593 e. The first-order valence-corrected chi connectivity index (χ1v) is 15.1. The number of carboxylic acid groups (broad SMARTS) is 1.